The second kappa shape index (κ2) is 10.6. The van der Waals surface area contributed by atoms with Crippen LogP contribution in [0.2, 0.25) is 5.02 Å². The first kappa shape index (κ1) is 25.4. The van der Waals surface area contributed by atoms with Gasteiger partial charge in [0.2, 0.25) is 5.91 Å². The summed E-state index contributed by atoms with van der Waals surface area (Å²) in [4.78, 5) is 22.2. The van der Waals surface area contributed by atoms with Gasteiger partial charge in [-0.3, -0.25) is 4.79 Å². The number of aromatic amines is 1. The van der Waals surface area contributed by atoms with Gasteiger partial charge in [0, 0.05) is 17.7 Å². The van der Waals surface area contributed by atoms with E-state index in [0.717, 1.165) is 46.5 Å². The molecule has 2 fully saturated rings. The molecule has 6 rings (SSSR count). The number of aliphatic hydroxyl groups excluding tert-OH is 1. The summed E-state index contributed by atoms with van der Waals surface area (Å²) in [6, 6.07) is 10.0. The molecule has 0 unspecified atom stereocenters. The molecule has 2 aliphatic rings. The molecule has 1 atom stereocenters. The van der Waals surface area contributed by atoms with Crippen LogP contribution in [0, 0.1) is 19.7 Å². The summed E-state index contributed by atoms with van der Waals surface area (Å²) in [5.41, 5.74) is 4.88. The Morgan fingerprint density at radius 2 is 1.89 bits per heavy atom. The van der Waals surface area contributed by atoms with E-state index in [1.54, 1.807) is 11.0 Å². The maximum absolute atomic E-state index is 14.0. The number of nitrogens with zero attached hydrogens (tertiary/aromatic N) is 3. The molecule has 2 aromatic carbocycles. The lowest BCUT2D eigenvalue weighted by molar-refractivity contribution is -0.117. The van der Waals surface area contributed by atoms with E-state index in [2.05, 4.69) is 10.1 Å². The van der Waals surface area contributed by atoms with Crippen LogP contribution in [0.25, 0.3) is 22.2 Å². The number of fused-ring (bicyclic) bond motifs is 1. The van der Waals surface area contributed by atoms with Gasteiger partial charge in [0.05, 0.1) is 33.9 Å². The Bertz CT molecular complexity index is 1410. The lowest BCUT2D eigenvalue weighted by atomic mass is 9.98. The zero-order valence-electron chi connectivity index (χ0n) is 20.9. The molecule has 1 aliphatic carbocycles. The highest BCUT2D eigenvalue weighted by Gasteiger charge is 2.35. The molecule has 0 radical (unpaired) electrons. The van der Waals surface area contributed by atoms with Gasteiger partial charge in [-0.1, -0.05) is 42.1 Å². The van der Waals surface area contributed by atoms with Crippen molar-refractivity contribution in [1.82, 2.24) is 15.1 Å². The van der Waals surface area contributed by atoms with E-state index in [-0.39, 0.29) is 23.1 Å². The maximum Gasteiger partial charge on any atom is 0.227 e. The number of nitrogens with one attached hydrogen (secondary N) is 1. The topological polar surface area (TPSA) is 95.3 Å². The molecule has 4 aromatic rings. The van der Waals surface area contributed by atoms with Crippen molar-refractivity contribution in [3.05, 3.63) is 64.5 Å². The van der Waals surface area contributed by atoms with Crippen LogP contribution in [0.5, 0.6) is 0 Å². The highest BCUT2D eigenvalue weighted by molar-refractivity contribution is 6.30. The molecule has 1 amide bonds. The Balaban J connectivity index is 0.000000348. The van der Waals surface area contributed by atoms with Gasteiger partial charge in [-0.2, -0.15) is 0 Å². The summed E-state index contributed by atoms with van der Waals surface area (Å²) in [5.74, 6) is 0.797. The molecule has 9 heteroatoms. The smallest absolute Gasteiger partial charge is 0.227 e. The fourth-order valence-corrected chi connectivity index (χ4v) is 5.34. The summed E-state index contributed by atoms with van der Waals surface area (Å²) in [5, 5.41) is 13.0. The zero-order chi connectivity index (χ0) is 26.1. The van der Waals surface area contributed by atoms with Gasteiger partial charge in [-0.15, -0.1) is 0 Å². The van der Waals surface area contributed by atoms with Gasteiger partial charge in [-0.25, -0.2) is 9.37 Å². The lowest BCUT2D eigenvalue weighted by Crippen LogP contribution is -2.28. The number of anilines is 1. The van der Waals surface area contributed by atoms with Crippen LogP contribution in [-0.4, -0.2) is 32.2 Å². The number of benzene rings is 2. The van der Waals surface area contributed by atoms with Gasteiger partial charge in [-0.05, 0) is 69.0 Å². The third-order valence-corrected chi connectivity index (χ3v) is 7.41. The minimum Gasteiger partial charge on any atom is -0.393 e. The number of aliphatic hydroxyl groups is 1. The summed E-state index contributed by atoms with van der Waals surface area (Å²) < 4.78 is 19.3. The number of carbonyl (C=O) groups excluding carboxylic acids is 1. The molecular formula is C28H30ClFN4O3. The van der Waals surface area contributed by atoms with E-state index in [1.165, 1.54) is 31.4 Å². The molecule has 194 valence electrons. The average molecular weight is 525 g/mol. The Morgan fingerprint density at radius 3 is 2.54 bits per heavy atom. The number of H-pyrrole nitrogens is 1. The molecule has 2 N–H and O–H groups in total. The van der Waals surface area contributed by atoms with E-state index in [1.807, 2.05) is 32.0 Å². The summed E-state index contributed by atoms with van der Waals surface area (Å²) >= 11 is 5.80. The van der Waals surface area contributed by atoms with Crippen LogP contribution >= 0.6 is 11.6 Å². The van der Waals surface area contributed by atoms with E-state index < -0.39 is 5.82 Å². The molecule has 1 saturated heterocycles. The largest absolute Gasteiger partial charge is 0.393 e. The number of amides is 1. The first-order valence-corrected chi connectivity index (χ1v) is 13.1. The SMILES string of the molecule is Cc1noc(C)c1-c1ccc2nc([C@@H]3CCC(=O)N3c3ccc(Cl)c(F)c3)[nH]c2c1.OC1CCCCC1. The number of carbonyl (C=O) groups is 1. The van der Waals surface area contributed by atoms with Crippen molar-refractivity contribution < 1.29 is 18.8 Å². The monoisotopic (exact) mass is 524 g/mol. The average Bonchev–Trinajstić information content (AvgIpc) is 3.57. The van der Waals surface area contributed by atoms with Crippen molar-refractivity contribution in [2.45, 2.75) is 70.9 Å². The van der Waals surface area contributed by atoms with E-state index in [0.29, 0.717) is 24.4 Å². The Hall–Kier alpha value is -3.23. The van der Waals surface area contributed by atoms with Gasteiger partial charge < -0.3 is 19.5 Å². The number of hydrogen-bond donors (Lipinski definition) is 2. The highest BCUT2D eigenvalue weighted by Crippen LogP contribution is 2.38. The van der Waals surface area contributed by atoms with Crippen molar-refractivity contribution in [1.29, 1.82) is 0 Å². The van der Waals surface area contributed by atoms with Gasteiger partial charge in [0.1, 0.15) is 17.4 Å². The van der Waals surface area contributed by atoms with Crippen molar-refractivity contribution in [2.24, 2.45) is 0 Å². The molecule has 0 spiro atoms. The fourth-order valence-electron chi connectivity index (χ4n) is 5.22. The molecule has 37 heavy (non-hydrogen) atoms. The van der Waals surface area contributed by atoms with Gasteiger partial charge >= 0.3 is 0 Å². The number of rotatable bonds is 3. The number of aryl methyl sites for hydroxylation is 2. The molecule has 7 nitrogen and oxygen atoms in total. The van der Waals surface area contributed by atoms with Gasteiger partial charge in [0.25, 0.3) is 0 Å². The second-order valence-electron chi connectivity index (χ2n) is 9.76. The van der Waals surface area contributed by atoms with Crippen LogP contribution in [0.15, 0.2) is 40.9 Å². The summed E-state index contributed by atoms with van der Waals surface area (Å²) in [7, 11) is 0. The van der Waals surface area contributed by atoms with Crippen LogP contribution in [0.4, 0.5) is 10.1 Å². The van der Waals surface area contributed by atoms with E-state index >= 15 is 0 Å². The van der Waals surface area contributed by atoms with Crippen molar-refractivity contribution in [3.63, 3.8) is 0 Å². The number of halogens is 2. The van der Waals surface area contributed by atoms with E-state index in [9.17, 15) is 9.18 Å². The van der Waals surface area contributed by atoms with Gasteiger partial charge in [0.15, 0.2) is 0 Å². The van der Waals surface area contributed by atoms with Crippen molar-refractivity contribution >= 4 is 34.2 Å². The first-order valence-electron chi connectivity index (χ1n) is 12.7. The van der Waals surface area contributed by atoms with Crippen molar-refractivity contribution in [3.8, 4) is 11.1 Å². The normalized spacial score (nSPS) is 18.4. The molecule has 1 saturated carbocycles. The third kappa shape index (κ3) is 5.26. The van der Waals surface area contributed by atoms with Crippen molar-refractivity contribution in [2.75, 3.05) is 4.90 Å². The van der Waals surface area contributed by atoms with E-state index in [4.69, 9.17) is 26.2 Å². The molecular weight excluding hydrogens is 495 g/mol. The third-order valence-electron chi connectivity index (χ3n) is 7.11. The van der Waals surface area contributed by atoms with Crippen LogP contribution in [-0.2, 0) is 4.79 Å². The zero-order valence-corrected chi connectivity index (χ0v) is 21.7. The summed E-state index contributed by atoms with van der Waals surface area (Å²) in [6.07, 6.45) is 6.89. The molecule has 3 heterocycles. The molecule has 1 aliphatic heterocycles. The first-order chi connectivity index (χ1) is 17.8. The highest BCUT2D eigenvalue weighted by atomic mass is 35.5. The molecule has 0 bridgehead atoms. The number of aromatic nitrogens is 3. The Kier molecular flexibility index (Phi) is 7.31. The van der Waals surface area contributed by atoms with Crippen LogP contribution in [0.1, 0.15) is 68.3 Å². The predicted octanol–water partition coefficient (Wildman–Crippen LogP) is 6.81. The minimum atomic E-state index is -0.554. The standard InChI is InChI=1S/C22H18ClFN4O2.C6H12O/c1-11-21(12(2)30-27-11)13-3-6-17-18(9-13)26-22(25-17)19-7-8-20(29)28(19)14-4-5-15(23)16(24)10-14;7-6-4-2-1-3-5-6/h3-6,9-10,19H,7-8H2,1-2H3,(H,25,26);6-7H,1-5H2/t19-;/m0./s1. The lowest BCUT2D eigenvalue weighted by Gasteiger charge is -2.23. The minimum absolute atomic E-state index is 0.0255. The molecule has 2 aromatic heterocycles. The Labute approximate surface area is 219 Å². The maximum atomic E-state index is 14.0. The number of hydrogen-bond acceptors (Lipinski definition) is 5. The summed E-state index contributed by atoms with van der Waals surface area (Å²) in [6.45, 7) is 3.78. The fraction of sp³-hybridized carbons (Fsp3) is 0.393. The Morgan fingerprint density at radius 1 is 1.11 bits per heavy atom. The quantitative estimate of drug-likeness (QED) is 0.307. The predicted molar refractivity (Wildman–Crippen MR) is 141 cm³/mol. The second-order valence-corrected chi connectivity index (χ2v) is 10.2. The number of imidazole rings is 1. The van der Waals surface area contributed by atoms with Crippen LogP contribution in [0.3, 0.4) is 0 Å². The van der Waals surface area contributed by atoms with Crippen LogP contribution < -0.4 is 4.90 Å².